The Morgan fingerprint density at radius 1 is 0.964 bits per heavy atom. The highest BCUT2D eigenvalue weighted by Gasteiger charge is 2.31. The summed E-state index contributed by atoms with van der Waals surface area (Å²) in [7, 11) is 1.39. The van der Waals surface area contributed by atoms with Crippen LogP contribution >= 0.6 is 0 Å². The van der Waals surface area contributed by atoms with E-state index in [9.17, 15) is 4.79 Å². The molecule has 0 radical (unpaired) electrons. The Morgan fingerprint density at radius 3 is 2.07 bits per heavy atom. The maximum absolute atomic E-state index is 11.2. The molecule has 0 N–H and O–H groups in total. The van der Waals surface area contributed by atoms with Crippen molar-refractivity contribution in [2.45, 2.75) is 92.4 Å². The van der Waals surface area contributed by atoms with Gasteiger partial charge >= 0.3 is 5.97 Å². The second-order valence-electron chi connectivity index (χ2n) is 9.60. The van der Waals surface area contributed by atoms with Gasteiger partial charge in [0, 0.05) is 18.6 Å². The molecule has 28 heavy (non-hydrogen) atoms. The maximum atomic E-state index is 11.2. The lowest BCUT2D eigenvalue weighted by molar-refractivity contribution is -0.134. The molecular weight excluding hydrogens is 348 g/mol. The molecule has 0 aliphatic carbocycles. The van der Waals surface area contributed by atoms with E-state index >= 15 is 0 Å². The zero-order valence-electron chi connectivity index (χ0n) is 19.5. The Morgan fingerprint density at radius 2 is 1.54 bits per heavy atom. The summed E-state index contributed by atoms with van der Waals surface area (Å²) in [6.07, 6.45) is 16.3. The molecule has 0 bridgehead atoms. The molecular formula is C25H46O3. The quantitative estimate of drug-likeness (QED) is 0.121. The predicted octanol–water partition coefficient (Wildman–Crippen LogP) is 7.12. The van der Waals surface area contributed by atoms with Crippen molar-refractivity contribution in [3.8, 4) is 0 Å². The molecule has 0 aromatic heterocycles. The number of carbonyl (C=O) groups is 1. The Kier molecular flexibility index (Phi) is 14.3. The lowest BCUT2D eigenvalue weighted by Crippen LogP contribution is -2.29. The molecule has 1 unspecified atom stereocenters. The van der Waals surface area contributed by atoms with Crippen LogP contribution in [-0.2, 0) is 14.3 Å². The number of methoxy groups -OCH3 is 1. The maximum Gasteiger partial charge on any atom is 0.330 e. The van der Waals surface area contributed by atoms with Gasteiger partial charge in [-0.2, -0.15) is 0 Å². The van der Waals surface area contributed by atoms with Crippen LogP contribution in [0.1, 0.15) is 92.4 Å². The SMILES string of the molecule is C=CCC(/C=C/C(=O)OC)COCCCCCCCCCC(C)(C)C(C)(C)C. The molecule has 3 heteroatoms. The first kappa shape index (κ1) is 26.9. The van der Waals surface area contributed by atoms with E-state index < -0.39 is 0 Å². The van der Waals surface area contributed by atoms with E-state index in [1.165, 1.54) is 58.1 Å². The van der Waals surface area contributed by atoms with Crippen LogP contribution in [0.2, 0.25) is 0 Å². The van der Waals surface area contributed by atoms with Gasteiger partial charge in [0.1, 0.15) is 0 Å². The minimum absolute atomic E-state index is 0.189. The highest BCUT2D eigenvalue weighted by Crippen LogP contribution is 2.41. The Labute approximate surface area is 175 Å². The molecule has 1 atom stereocenters. The van der Waals surface area contributed by atoms with Crippen LogP contribution in [0.3, 0.4) is 0 Å². The van der Waals surface area contributed by atoms with Gasteiger partial charge in [-0.3, -0.25) is 0 Å². The van der Waals surface area contributed by atoms with Crippen molar-refractivity contribution in [1.82, 2.24) is 0 Å². The van der Waals surface area contributed by atoms with Crippen LogP contribution in [-0.4, -0.2) is 26.3 Å². The first-order valence-electron chi connectivity index (χ1n) is 11.1. The average molecular weight is 395 g/mol. The number of ether oxygens (including phenoxy) is 2. The monoisotopic (exact) mass is 394 g/mol. The smallest absolute Gasteiger partial charge is 0.330 e. The largest absolute Gasteiger partial charge is 0.466 e. The molecule has 164 valence electrons. The molecule has 0 aliphatic rings. The third-order valence-electron chi connectivity index (χ3n) is 6.13. The lowest BCUT2D eigenvalue weighted by Gasteiger charge is -2.39. The topological polar surface area (TPSA) is 35.5 Å². The van der Waals surface area contributed by atoms with Crippen molar-refractivity contribution in [3.05, 3.63) is 24.8 Å². The van der Waals surface area contributed by atoms with E-state index in [4.69, 9.17) is 4.74 Å². The Balaban J connectivity index is 3.67. The Bertz CT molecular complexity index is 443. The van der Waals surface area contributed by atoms with Gasteiger partial charge in [0.25, 0.3) is 0 Å². The molecule has 0 aromatic carbocycles. The van der Waals surface area contributed by atoms with E-state index in [0.29, 0.717) is 17.4 Å². The molecule has 3 nitrogen and oxygen atoms in total. The fourth-order valence-corrected chi connectivity index (χ4v) is 2.96. The number of esters is 1. The van der Waals surface area contributed by atoms with E-state index in [-0.39, 0.29) is 11.9 Å². The first-order chi connectivity index (χ1) is 13.1. The molecule has 0 spiro atoms. The summed E-state index contributed by atoms with van der Waals surface area (Å²) in [6.45, 7) is 17.0. The minimum atomic E-state index is -0.323. The van der Waals surface area contributed by atoms with Gasteiger partial charge in [0.05, 0.1) is 13.7 Å². The van der Waals surface area contributed by atoms with Gasteiger partial charge in [0.2, 0.25) is 0 Å². The number of allylic oxidation sites excluding steroid dienone is 1. The van der Waals surface area contributed by atoms with E-state index in [0.717, 1.165) is 19.4 Å². The fourth-order valence-electron chi connectivity index (χ4n) is 2.96. The van der Waals surface area contributed by atoms with E-state index in [1.807, 2.05) is 12.2 Å². The standard InChI is InChI=1S/C25H46O3/c1-8-16-22(17-18-23(26)27-7)21-28-20-15-13-11-9-10-12-14-19-25(5,6)24(2,3)4/h8,17-18,22H,1,9-16,19-21H2,2-7H3/b18-17+. The highest BCUT2D eigenvalue weighted by atomic mass is 16.5. The molecule has 0 amide bonds. The number of hydrogen-bond acceptors (Lipinski definition) is 3. The minimum Gasteiger partial charge on any atom is -0.466 e. The number of carbonyl (C=O) groups excluding carboxylic acids is 1. The third-order valence-corrected chi connectivity index (χ3v) is 6.13. The van der Waals surface area contributed by atoms with Crippen LogP contribution in [0.25, 0.3) is 0 Å². The number of unbranched alkanes of at least 4 members (excludes halogenated alkanes) is 6. The lowest BCUT2D eigenvalue weighted by atomic mass is 9.67. The zero-order valence-corrected chi connectivity index (χ0v) is 19.5. The van der Waals surface area contributed by atoms with Crippen molar-refractivity contribution in [2.75, 3.05) is 20.3 Å². The predicted molar refractivity (Wildman–Crippen MR) is 120 cm³/mol. The van der Waals surface area contributed by atoms with Gasteiger partial charge in [-0.1, -0.05) is 85.3 Å². The fraction of sp³-hybridized carbons (Fsp3) is 0.800. The van der Waals surface area contributed by atoms with Crippen LogP contribution in [0, 0.1) is 16.7 Å². The van der Waals surface area contributed by atoms with Gasteiger partial charge in [-0.15, -0.1) is 6.58 Å². The highest BCUT2D eigenvalue weighted by molar-refractivity contribution is 5.81. The summed E-state index contributed by atoms with van der Waals surface area (Å²) in [5.41, 5.74) is 0.798. The zero-order chi connectivity index (χ0) is 21.5. The van der Waals surface area contributed by atoms with Crippen LogP contribution in [0.15, 0.2) is 24.8 Å². The van der Waals surface area contributed by atoms with Crippen molar-refractivity contribution in [2.24, 2.45) is 16.7 Å². The summed E-state index contributed by atoms with van der Waals surface area (Å²) in [5, 5.41) is 0. The van der Waals surface area contributed by atoms with Crippen molar-refractivity contribution in [1.29, 1.82) is 0 Å². The van der Waals surface area contributed by atoms with E-state index in [1.54, 1.807) is 0 Å². The summed E-state index contributed by atoms with van der Waals surface area (Å²) in [4.78, 5) is 11.2. The summed E-state index contributed by atoms with van der Waals surface area (Å²) >= 11 is 0. The van der Waals surface area contributed by atoms with Gasteiger partial charge in [-0.25, -0.2) is 4.79 Å². The second kappa shape index (κ2) is 14.8. The van der Waals surface area contributed by atoms with Crippen LogP contribution in [0.4, 0.5) is 0 Å². The first-order valence-corrected chi connectivity index (χ1v) is 11.1. The summed E-state index contributed by atoms with van der Waals surface area (Å²) in [5.74, 6) is -0.134. The van der Waals surface area contributed by atoms with Gasteiger partial charge in [-0.05, 0) is 30.1 Å². The third kappa shape index (κ3) is 13.1. The van der Waals surface area contributed by atoms with Crippen molar-refractivity contribution < 1.29 is 14.3 Å². The normalized spacial score (nSPS) is 13.6. The van der Waals surface area contributed by atoms with Crippen molar-refractivity contribution in [3.63, 3.8) is 0 Å². The van der Waals surface area contributed by atoms with Gasteiger partial charge in [0.15, 0.2) is 0 Å². The molecule has 0 rings (SSSR count). The summed E-state index contributed by atoms with van der Waals surface area (Å²) < 4.78 is 10.4. The molecule has 0 fully saturated rings. The molecule has 0 aliphatic heterocycles. The van der Waals surface area contributed by atoms with Gasteiger partial charge < -0.3 is 9.47 Å². The summed E-state index contributed by atoms with van der Waals surface area (Å²) in [6, 6.07) is 0. The molecule has 0 aromatic rings. The Hall–Kier alpha value is -1.09. The molecule has 0 saturated carbocycles. The molecule has 0 saturated heterocycles. The van der Waals surface area contributed by atoms with Crippen LogP contribution in [0.5, 0.6) is 0 Å². The van der Waals surface area contributed by atoms with Crippen molar-refractivity contribution >= 4 is 5.97 Å². The second-order valence-corrected chi connectivity index (χ2v) is 9.60. The average Bonchev–Trinajstić information content (AvgIpc) is 2.62. The molecule has 0 heterocycles. The van der Waals surface area contributed by atoms with Crippen LogP contribution < -0.4 is 0 Å². The number of rotatable bonds is 16. The number of hydrogen-bond donors (Lipinski definition) is 0. The van der Waals surface area contributed by atoms with E-state index in [2.05, 4.69) is 45.9 Å².